The molecule has 0 spiro atoms. The lowest BCUT2D eigenvalue weighted by Crippen LogP contribution is -2.52. The molecule has 1 heterocycles. The van der Waals surface area contributed by atoms with E-state index in [1.807, 2.05) is 20.8 Å². The highest BCUT2D eigenvalue weighted by molar-refractivity contribution is 5.95. The van der Waals surface area contributed by atoms with Crippen LogP contribution in [-0.4, -0.2) is 39.9 Å². The largest absolute Gasteiger partial charge is 0.350 e. The van der Waals surface area contributed by atoms with Crippen LogP contribution in [0.5, 0.6) is 0 Å². The lowest BCUT2D eigenvalue weighted by molar-refractivity contribution is -0.383. The third kappa shape index (κ3) is 4.21. The lowest BCUT2D eigenvalue weighted by atomic mass is 10.1. The molecule has 1 saturated heterocycles. The van der Waals surface area contributed by atoms with E-state index in [1.165, 1.54) is 23.1 Å². The summed E-state index contributed by atoms with van der Waals surface area (Å²) in [4.78, 5) is 36.8. The zero-order chi connectivity index (χ0) is 17.9. The summed E-state index contributed by atoms with van der Waals surface area (Å²) >= 11 is 0. The van der Waals surface area contributed by atoms with Crippen LogP contribution in [0.25, 0.3) is 0 Å². The summed E-state index contributed by atoms with van der Waals surface area (Å²) in [7, 11) is 0. The van der Waals surface area contributed by atoms with Crippen LogP contribution in [0.4, 0.5) is 16.2 Å². The molecule has 1 aliphatic rings. The van der Waals surface area contributed by atoms with E-state index < -0.39 is 17.0 Å². The zero-order valence-electron chi connectivity index (χ0n) is 14.0. The normalized spacial score (nSPS) is 17.5. The van der Waals surface area contributed by atoms with Gasteiger partial charge in [0.05, 0.1) is 4.92 Å². The number of nitro benzene ring substituents is 1. The van der Waals surface area contributed by atoms with Crippen molar-refractivity contribution in [3.63, 3.8) is 0 Å². The molecule has 1 aliphatic heterocycles. The first-order chi connectivity index (χ1) is 11.2. The van der Waals surface area contributed by atoms with E-state index in [9.17, 15) is 19.7 Å². The number of para-hydroxylation sites is 2. The standard InChI is InChI=1S/C16H22N4O4/c1-16(2,3)18-14(21)13-9-6-10-19(13)15(22)17-11-7-4-5-8-12(11)20(23)24/h4-5,7-8,13H,6,9-10H2,1-3H3,(H,17,22)(H,18,21)/t13-/m0/s1. The molecule has 1 atom stereocenters. The number of hydrogen-bond donors (Lipinski definition) is 2. The molecule has 0 aromatic heterocycles. The van der Waals surface area contributed by atoms with Gasteiger partial charge >= 0.3 is 6.03 Å². The maximum absolute atomic E-state index is 12.5. The summed E-state index contributed by atoms with van der Waals surface area (Å²) in [5.74, 6) is -0.210. The minimum absolute atomic E-state index is 0.120. The van der Waals surface area contributed by atoms with Crippen molar-refractivity contribution in [1.29, 1.82) is 0 Å². The van der Waals surface area contributed by atoms with E-state index in [1.54, 1.807) is 6.07 Å². The lowest BCUT2D eigenvalue weighted by Gasteiger charge is -2.28. The molecule has 8 heteroatoms. The molecular formula is C16H22N4O4. The fraction of sp³-hybridized carbons (Fsp3) is 0.500. The number of nitrogens with zero attached hydrogens (tertiary/aromatic N) is 2. The van der Waals surface area contributed by atoms with Crippen LogP contribution in [0.15, 0.2) is 24.3 Å². The summed E-state index contributed by atoms with van der Waals surface area (Å²) in [6, 6.07) is 4.86. The van der Waals surface area contributed by atoms with Crippen molar-refractivity contribution in [3.8, 4) is 0 Å². The van der Waals surface area contributed by atoms with Crippen LogP contribution in [0.3, 0.4) is 0 Å². The van der Waals surface area contributed by atoms with Crippen molar-refractivity contribution in [2.45, 2.75) is 45.2 Å². The van der Waals surface area contributed by atoms with Crippen molar-refractivity contribution in [1.82, 2.24) is 10.2 Å². The predicted molar refractivity (Wildman–Crippen MR) is 89.7 cm³/mol. The van der Waals surface area contributed by atoms with E-state index in [0.717, 1.165) is 0 Å². The van der Waals surface area contributed by atoms with Crippen molar-refractivity contribution >= 4 is 23.3 Å². The summed E-state index contributed by atoms with van der Waals surface area (Å²) in [6.45, 7) is 6.06. The second-order valence-corrected chi connectivity index (χ2v) is 6.80. The second kappa shape index (κ2) is 6.86. The Morgan fingerprint density at radius 3 is 2.58 bits per heavy atom. The van der Waals surface area contributed by atoms with Gasteiger partial charge in [-0.3, -0.25) is 14.9 Å². The number of benzene rings is 1. The highest BCUT2D eigenvalue weighted by atomic mass is 16.6. The molecule has 130 valence electrons. The molecule has 3 amide bonds. The highest BCUT2D eigenvalue weighted by Crippen LogP contribution is 2.25. The Bertz CT molecular complexity index is 654. The number of rotatable bonds is 3. The molecule has 0 unspecified atom stereocenters. The molecular weight excluding hydrogens is 312 g/mol. The summed E-state index contributed by atoms with van der Waals surface area (Å²) in [6.07, 6.45) is 1.29. The molecule has 8 nitrogen and oxygen atoms in total. The van der Waals surface area contributed by atoms with Crippen molar-refractivity contribution in [3.05, 3.63) is 34.4 Å². The van der Waals surface area contributed by atoms with Gasteiger partial charge in [0.1, 0.15) is 11.7 Å². The number of anilines is 1. The third-order valence-electron chi connectivity index (χ3n) is 3.66. The molecule has 0 bridgehead atoms. The number of likely N-dealkylation sites (tertiary alicyclic amines) is 1. The van der Waals surface area contributed by atoms with Crippen molar-refractivity contribution < 1.29 is 14.5 Å². The molecule has 0 radical (unpaired) electrons. The first-order valence-corrected chi connectivity index (χ1v) is 7.82. The quantitative estimate of drug-likeness (QED) is 0.654. The average Bonchev–Trinajstić information content (AvgIpc) is 2.95. The van der Waals surface area contributed by atoms with Gasteiger partial charge in [-0.2, -0.15) is 0 Å². The number of hydrogen-bond acceptors (Lipinski definition) is 4. The fourth-order valence-electron chi connectivity index (χ4n) is 2.66. The first-order valence-electron chi connectivity index (χ1n) is 7.82. The van der Waals surface area contributed by atoms with Gasteiger partial charge in [-0.05, 0) is 39.7 Å². The average molecular weight is 334 g/mol. The van der Waals surface area contributed by atoms with E-state index in [2.05, 4.69) is 10.6 Å². The molecule has 1 aromatic rings. The number of nitro groups is 1. The Kier molecular flexibility index (Phi) is 5.06. The van der Waals surface area contributed by atoms with Gasteiger partial charge in [-0.1, -0.05) is 12.1 Å². The van der Waals surface area contributed by atoms with Gasteiger partial charge < -0.3 is 15.5 Å². The molecule has 2 N–H and O–H groups in total. The van der Waals surface area contributed by atoms with Crippen LogP contribution in [-0.2, 0) is 4.79 Å². The number of urea groups is 1. The monoisotopic (exact) mass is 334 g/mol. The smallest absolute Gasteiger partial charge is 0.322 e. The molecule has 1 fully saturated rings. The molecule has 0 saturated carbocycles. The van der Waals surface area contributed by atoms with Gasteiger partial charge in [-0.25, -0.2) is 4.79 Å². The van der Waals surface area contributed by atoms with Crippen LogP contribution >= 0.6 is 0 Å². The van der Waals surface area contributed by atoms with Gasteiger partial charge in [0, 0.05) is 18.2 Å². The number of amides is 3. The van der Waals surface area contributed by atoms with Crippen LogP contribution < -0.4 is 10.6 Å². The topological polar surface area (TPSA) is 105 Å². The van der Waals surface area contributed by atoms with Gasteiger partial charge in [0.2, 0.25) is 5.91 Å². The Morgan fingerprint density at radius 2 is 1.96 bits per heavy atom. The number of nitrogens with one attached hydrogen (secondary N) is 2. The summed E-state index contributed by atoms with van der Waals surface area (Å²) in [5.41, 5.74) is -0.449. The summed E-state index contributed by atoms with van der Waals surface area (Å²) < 4.78 is 0. The minimum Gasteiger partial charge on any atom is -0.350 e. The Hall–Kier alpha value is -2.64. The van der Waals surface area contributed by atoms with Gasteiger partial charge in [0.25, 0.3) is 5.69 Å². The first kappa shape index (κ1) is 17.7. The zero-order valence-corrected chi connectivity index (χ0v) is 14.0. The number of carbonyl (C=O) groups is 2. The minimum atomic E-state index is -0.563. The maximum Gasteiger partial charge on any atom is 0.322 e. The van der Waals surface area contributed by atoms with Crippen molar-refractivity contribution in [2.75, 3.05) is 11.9 Å². The molecule has 2 rings (SSSR count). The fourth-order valence-corrected chi connectivity index (χ4v) is 2.66. The Labute approximate surface area is 140 Å². The molecule has 24 heavy (non-hydrogen) atoms. The Balaban J connectivity index is 2.12. The molecule has 1 aromatic carbocycles. The molecule has 0 aliphatic carbocycles. The van der Waals surface area contributed by atoms with Gasteiger partial charge in [-0.15, -0.1) is 0 Å². The SMILES string of the molecule is CC(C)(C)NC(=O)[C@@H]1CCCN1C(=O)Nc1ccccc1[N+](=O)[O-]. The maximum atomic E-state index is 12.5. The Morgan fingerprint density at radius 1 is 1.29 bits per heavy atom. The number of carbonyl (C=O) groups excluding carboxylic acids is 2. The van der Waals surface area contributed by atoms with Crippen LogP contribution in [0.2, 0.25) is 0 Å². The second-order valence-electron chi connectivity index (χ2n) is 6.80. The van der Waals surface area contributed by atoms with E-state index in [0.29, 0.717) is 19.4 Å². The van der Waals surface area contributed by atoms with Crippen molar-refractivity contribution in [2.24, 2.45) is 0 Å². The third-order valence-corrected chi connectivity index (χ3v) is 3.66. The van der Waals surface area contributed by atoms with Crippen LogP contribution in [0.1, 0.15) is 33.6 Å². The van der Waals surface area contributed by atoms with E-state index in [-0.39, 0.29) is 22.8 Å². The summed E-state index contributed by atoms with van der Waals surface area (Å²) in [5, 5.41) is 16.4. The van der Waals surface area contributed by atoms with Crippen LogP contribution in [0, 0.1) is 10.1 Å². The predicted octanol–water partition coefficient (Wildman–Crippen LogP) is 2.51. The van der Waals surface area contributed by atoms with E-state index >= 15 is 0 Å². The van der Waals surface area contributed by atoms with E-state index in [4.69, 9.17) is 0 Å². The van der Waals surface area contributed by atoms with Gasteiger partial charge in [0.15, 0.2) is 0 Å². The highest BCUT2D eigenvalue weighted by Gasteiger charge is 2.35.